The Balaban J connectivity index is 1.86. The molecular weight excluding hydrogens is 560 g/mol. The third-order valence-corrected chi connectivity index (χ3v) is 7.72. The van der Waals surface area contributed by atoms with Crippen molar-refractivity contribution in [1.82, 2.24) is 24.4 Å². The number of rotatable bonds is 6. The van der Waals surface area contributed by atoms with Gasteiger partial charge in [-0.2, -0.15) is 10.4 Å². The molecule has 1 aliphatic heterocycles. The molecule has 220 valence electrons. The van der Waals surface area contributed by atoms with Crippen LogP contribution in [-0.2, 0) is 4.79 Å². The van der Waals surface area contributed by atoms with Crippen LogP contribution in [0.1, 0.15) is 43.5 Å². The van der Waals surface area contributed by atoms with Crippen LogP contribution in [0.2, 0.25) is 0 Å². The number of benzene rings is 1. The van der Waals surface area contributed by atoms with Gasteiger partial charge in [0, 0.05) is 37.4 Å². The van der Waals surface area contributed by atoms with E-state index in [2.05, 4.69) is 21.5 Å². The summed E-state index contributed by atoms with van der Waals surface area (Å²) >= 11 is 0. The maximum absolute atomic E-state index is 16.2. The van der Waals surface area contributed by atoms with Crippen molar-refractivity contribution in [2.75, 3.05) is 24.5 Å². The highest BCUT2D eigenvalue weighted by atomic mass is 19.1. The summed E-state index contributed by atoms with van der Waals surface area (Å²) in [6, 6.07) is 6.89. The summed E-state index contributed by atoms with van der Waals surface area (Å²) in [4.78, 5) is 43.5. The first-order chi connectivity index (χ1) is 20.9. The lowest BCUT2D eigenvalue weighted by molar-refractivity contribution is -0.126. The number of hydrogen-bond acceptors (Lipinski definition) is 6. The van der Waals surface area contributed by atoms with Crippen molar-refractivity contribution < 1.29 is 13.6 Å². The topological polar surface area (TPSA) is 84.2 Å². The molecule has 4 radical (unpaired) electrons. The molecule has 1 atom stereocenters. The Bertz CT molecular complexity index is 1890. The lowest BCUT2D eigenvalue weighted by Gasteiger charge is -2.40. The van der Waals surface area contributed by atoms with E-state index in [-0.39, 0.29) is 56.9 Å². The SMILES string of the molecule is [B]C([B])=Cc1cccc(F)c1-c1nc2c(cc1F)c(N1CCN(C(=O)C=C)C[C@@H]1C)nc(=O)n2-c1c(C)ccnc1C(C)C. The second-order valence-electron chi connectivity index (χ2n) is 11.1. The van der Waals surface area contributed by atoms with Crippen molar-refractivity contribution in [3.8, 4) is 16.9 Å². The molecule has 8 nitrogen and oxygen atoms in total. The van der Waals surface area contributed by atoms with Gasteiger partial charge in [0.15, 0.2) is 11.5 Å². The first-order valence-electron chi connectivity index (χ1n) is 14.2. The molecule has 5 rings (SSSR count). The van der Waals surface area contributed by atoms with Crippen LogP contribution in [0.25, 0.3) is 34.1 Å². The third kappa shape index (κ3) is 5.56. The molecule has 3 aromatic heterocycles. The highest BCUT2D eigenvalue weighted by molar-refractivity contribution is 6.50. The minimum absolute atomic E-state index is 0.0742. The molecule has 0 saturated carbocycles. The van der Waals surface area contributed by atoms with Gasteiger partial charge in [-0.05, 0) is 55.2 Å². The van der Waals surface area contributed by atoms with Gasteiger partial charge in [0.2, 0.25) is 5.91 Å². The highest BCUT2D eigenvalue weighted by Gasteiger charge is 2.31. The van der Waals surface area contributed by atoms with Crippen molar-refractivity contribution >= 4 is 44.5 Å². The number of aryl methyl sites for hydroxylation is 1. The Morgan fingerprint density at radius 1 is 1.14 bits per heavy atom. The first-order valence-corrected chi connectivity index (χ1v) is 14.2. The van der Waals surface area contributed by atoms with E-state index in [1.807, 2.05) is 32.6 Å². The number of nitrogens with zero attached hydrogens (tertiary/aromatic N) is 6. The van der Waals surface area contributed by atoms with Crippen molar-refractivity contribution in [2.24, 2.45) is 0 Å². The van der Waals surface area contributed by atoms with Gasteiger partial charge in [0.1, 0.15) is 17.3 Å². The number of anilines is 1. The van der Waals surface area contributed by atoms with Crippen LogP contribution in [0.15, 0.2) is 59.3 Å². The summed E-state index contributed by atoms with van der Waals surface area (Å²) in [5.41, 5.74) is 0.963. The van der Waals surface area contributed by atoms with Gasteiger partial charge in [-0.15, -0.1) is 0 Å². The molecule has 0 unspecified atom stereocenters. The number of pyridine rings is 2. The second-order valence-corrected chi connectivity index (χ2v) is 11.1. The monoisotopic (exact) mass is 590 g/mol. The first kappa shape index (κ1) is 30.8. The average molecular weight is 590 g/mol. The molecule has 1 amide bonds. The van der Waals surface area contributed by atoms with Crippen LogP contribution in [0.3, 0.4) is 0 Å². The fraction of sp³-hybridized carbons (Fsp3) is 0.281. The maximum atomic E-state index is 16.2. The van der Waals surface area contributed by atoms with Crippen LogP contribution in [0.5, 0.6) is 0 Å². The Kier molecular flexibility index (Phi) is 8.54. The van der Waals surface area contributed by atoms with E-state index in [1.54, 1.807) is 23.2 Å². The number of carbonyl (C=O) groups excluding carboxylic acids is 1. The number of amides is 1. The normalized spacial score (nSPS) is 15.1. The zero-order chi connectivity index (χ0) is 31.9. The fourth-order valence-electron chi connectivity index (χ4n) is 5.68. The molecule has 4 heterocycles. The van der Waals surface area contributed by atoms with E-state index in [9.17, 15) is 9.59 Å². The molecule has 1 saturated heterocycles. The minimum Gasteiger partial charge on any atom is -0.350 e. The van der Waals surface area contributed by atoms with Crippen molar-refractivity contribution in [2.45, 2.75) is 39.7 Å². The molecule has 1 aromatic carbocycles. The van der Waals surface area contributed by atoms with Crippen LogP contribution < -0.4 is 10.6 Å². The van der Waals surface area contributed by atoms with Crippen LogP contribution in [0, 0.1) is 18.6 Å². The van der Waals surface area contributed by atoms with Gasteiger partial charge >= 0.3 is 5.69 Å². The number of fused-ring (bicyclic) bond motifs is 1. The number of aromatic nitrogens is 4. The van der Waals surface area contributed by atoms with Gasteiger partial charge < -0.3 is 9.80 Å². The molecule has 1 aliphatic rings. The van der Waals surface area contributed by atoms with E-state index < -0.39 is 17.3 Å². The summed E-state index contributed by atoms with van der Waals surface area (Å²) in [6.45, 7) is 12.2. The average Bonchev–Trinajstić information content (AvgIpc) is 2.97. The Morgan fingerprint density at radius 2 is 1.89 bits per heavy atom. The predicted octanol–water partition coefficient (Wildman–Crippen LogP) is 4.41. The van der Waals surface area contributed by atoms with Gasteiger partial charge in [-0.25, -0.2) is 23.1 Å². The molecule has 44 heavy (non-hydrogen) atoms. The molecule has 0 spiro atoms. The van der Waals surface area contributed by atoms with Crippen molar-refractivity contribution in [3.63, 3.8) is 0 Å². The molecule has 0 N–H and O–H groups in total. The molecule has 4 aromatic rings. The largest absolute Gasteiger partial charge is 0.355 e. The number of hydrogen-bond donors (Lipinski definition) is 0. The van der Waals surface area contributed by atoms with Gasteiger partial charge in [0.05, 0.1) is 32.5 Å². The van der Waals surface area contributed by atoms with Gasteiger partial charge in [0.25, 0.3) is 0 Å². The molecular formula is C32H30B2F2N6O2. The molecule has 12 heteroatoms. The van der Waals surface area contributed by atoms with E-state index in [0.717, 1.165) is 5.56 Å². The van der Waals surface area contributed by atoms with Gasteiger partial charge in [-0.1, -0.05) is 38.6 Å². The van der Waals surface area contributed by atoms with Crippen LogP contribution in [-0.4, -0.2) is 71.7 Å². The molecule has 0 bridgehead atoms. The summed E-state index contributed by atoms with van der Waals surface area (Å²) in [7, 11) is 11.4. The van der Waals surface area contributed by atoms with E-state index in [1.165, 1.54) is 34.9 Å². The Labute approximate surface area is 257 Å². The van der Waals surface area contributed by atoms with E-state index >= 15 is 8.78 Å². The highest BCUT2D eigenvalue weighted by Crippen LogP contribution is 2.35. The van der Waals surface area contributed by atoms with Crippen LogP contribution >= 0.6 is 0 Å². The maximum Gasteiger partial charge on any atom is 0.355 e. The molecule has 0 aliphatic carbocycles. The fourth-order valence-corrected chi connectivity index (χ4v) is 5.68. The third-order valence-electron chi connectivity index (χ3n) is 7.72. The van der Waals surface area contributed by atoms with E-state index in [0.29, 0.717) is 31.0 Å². The molecule has 1 fully saturated rings. The summed E-state index contributed by atoms with van der Waals surface area (Å²) in [5.74, 6) is -1.65. The second kappa shape index (κ2) is 12.2. The zero-order valence-corrected chi connectivity index (χ0v) is 25.0. The van der Waals surface area contributed by atoms with Gasteiger partial charge in [-0.3, -0.25) is 9.78 Å². The zero-order valence-electron chi connectivity index (χ0n) is 25.0. The number of piperazine rings is 1. The summed E-state index contributed by atoms with van der Waals surface area (Å²) in [6.07, 6.45) is 4.23. The van der Waals surface area contributed by atoms with Crippen molar-refractivity contribution in [1.29, 1.82) is 0 Å². The van der Waals surface area contributed by atoms with Crippen LogP contribution in [0.4, 0.5) is 14.6 Å². The standard InChI is InChI=1S/C32H30B2F2N6O2/c1-6-25(43)40-12-13-41(19(5)16-40)30-21-15-23(36)28(26-20(14-24(33)34)8-7-9-22(26)35)38-31(21)42(32(44)39-30)29-18(4)10-11-37-27(29)17(2)3/h6-11,14-15,17,19H,1,12-13,16H2,2-5H3/t19-/m0/s1. The Hall–Kier alpha value is -4.60. The summed E-state index contributed by atoms with van der Waals surface area (Å²) < 4.78 is 32.9. The number of halogens is 2. The predicted molar refractivity (Wildman–Crippen MR) is 170 cm³/mol. The minimum atomic E-state index is -0.832. The summed E-state index contributed by atoms with van der Waals surface area (Å²) in [5, 5.41) is 0.142. The van der Waals surface area contributed by atoms with E-state index in [4.69, 9.17) is 15.7 Å². The Morgan fingerprint density at radius 3 is 2.55 bits per heavy atom. The quantitative estimate of drug-likeness (QED) is 0.245. The smallest absolute Gasteiger partial charge is 0.350 e. The lowest BCUT2D eigenvalue weighted by Crippen LogP contribution is -2.54. The number of carbonyl (C=O) groups is 1. The van der Waals surface area contributed by atoms with Crippen molar-refractivity contribution in [3.05, 3.63) is 93.5 Å². The lowest BCUT2D eigenvalue weighted by atomic mass is 9.77.